The van der Waals surface area contributed by atoms with Crippen LogP contribution >= 0.6 is 0 Å². The van der Waals surface area contributed by atoms with Crippen LogP contribution in [0.2, 0.25) is 0 Å². The molecule has 8 nitrogen and oxygen atoms in total. The molecule has 5 N–H and O–H groups in total. The second kappa shape index (κ2) is 11.1. The zero-order valence-electron chi connectivity index (χ0n) is 16.2. The number of hydrogen-bond donors (Lipinski definition) is 4. The Balaban J connectivity index is 3.05. The van der Waals surface area contributed by atoms with E-state index in [2.05, 4.69) is 25.9 Å². The van der Waals surface area contributed by atoms with E-state index in [1.165, 1.54) is 6.34 Å². The van der Waals surface area contributed by atoms with Gasteiger partial charge in [-0.2, -0.15) is 0 Å². The number of ether oxygens (including phenoxy) is 1. The van der Waals surface area contributed by atoms with Crippen molar-refractivity contribution in [3.05, 3.63) is 34.3 Å². The second-order valence-corrected chi connectivity index (χ2v) is 6.03. The molecule has 0 saturated carbocycles. The topological polar surface area (TPSA) is 113 Å². The third-order valence-electron chi connectivity index (χ3n) is 3.82. The lowest BCUT2D eigenvalue weighted by Crippen LogP contribution is -2.42. The molecular formula is C18H30N6O2. The summed E-state index contributed by atoms with van der Waals surface area (Å²) in [6.07, 6.45) is 5.76. The Hall–Kier alpha value is -2.61. The highest BCUT2D eigenvalue weighted by atomic mass is 16.5. The number of aliphatic imine (C=N–C) groups is 2. The first-order chi connectivity index (χ1) is 12.4. The van der Waals surface area contributed by atoms with E-state index in [0.717, 1.165) is 29.0 Å². The van der Waals surface area contributed by atoms with Crippen molar-refractivity contribution in [3.63, 3.8) is 0 Å². The van der Waals surface area contributed by atoms with E-state index in [4.69, 9.17) is 10.5 Å². The molecule has 0 unspecified atom stereocenters. The molecule has 1 saturated heterocycles. The fraction of sp³-hybridized carbons (Fsp3) is 0.500. The molecule has 1 fully saturated rings. The van der Waals surface area contributed by atoms with Crippen LogP contribution in [0.4, 0.5) is 4.79 Å². The first-order valence-electron chi connectivity index (χ1n) is 8.51. The highest BCUT2D eigenvalue weighted by Crippen LogP contribution is 2.15. The van der Waals surface area contributed by atoms with Crippen molar-refractivity contribution in [1.29, 1.82) is 0 Å². The van der Waals surface area contributed by atoms with Crippen LogP contribution in [0, 0.1) is 0 Å². The molecule has 0 aromatic rings. The fourth-order valence-corrected chi connectivity index (χ4v) is 2.47. The molecule has 0 spiro atoms. The zero-order valence-corrected chi connectivity index (χ0v) is 16.2. The van der Waals surface area contributed by atoms with E-state index in [0.29, 0.717) is 18.9 Å². The molecule has 1 aliphatic rings. The lowest BCUT2D eigenvalue weighted by molar-refractivity contribution is 0.188. The molecule has 2 amide bonds. The average molecular weight is 362 g/mol. The maximum atomic E-state index is 12.2. The van der Waals surface area contributed by atoms with Gasteiger partial charge in [-0.15, -0.1) is 0 Å². The number of nitrogens with one attached hydrogen (secondary N) is 3. The Morgan fingerprint density at radius 1 is 1.31 bits per heavy atom. The summed E-state index contributed by atoms with van der Waals surface area (Å²) in [4.78, 5) is 20.1. The van der Waals surface area contributed by atoms with Gasteiger partial charge < -0.3 is 26.4 Å². The van der Waals surface area contributed by atoms with Crippen LogP contribution in [-0.4, -0.2) is 51.9 Å². The van der Waals surface area contributed by atoms with E-state index in [-0.39, 0.29) is 12.1 Å². The van der Waals surface area contributed by atoms with Gasteiger partial charge in [0.1, 0.15) is 6.34 Å². The van der Waals surface area contributed by atoms with Crippen LogP contribution in [0.5, 0.6) is 0 Å². The number of hydrogen-bond acceptors (Lipinski definition) is 5. The molecule has 8 heteroatoms. The van der Waals surface area contributed by atoms with E-state index >= 15 is 0 Å². The van der Waals surface area contributed by atoms with Gasteiger partial charge in [0.25, 0.3) is 0 Å². The van der Waals surface area contributed by atoms with Crippen molar-refractivity contribution in [1.82, 2.24) is 16.0 Å². The van der Waals surface area contributed by atoms with E-state index in [9.17, 15) is 4.79 Å². The zero-order chi connectivity index (χ0) is 19.5. The lowest BCUT2D eigenvalue weighted by atomic mass is 10.1. The summed E-state index contributed by atoms with van der Waals surface area (Å²) in [5, 5.41) is 8.93. The molecule has 0 aromatic carbocycles. The van der Waals surface area contributed by atoms with Crippen molar-refractivity contribution in [2.75, 3.05) is 27.3 Å². The van der Waals surface area contributed by atoms with Gasteiger partial charge in [0.15, 0.2) is 0 Å². The molecule has 0 bridgehead atoms. The van der Waals surface area contributed by atoms with Gasteiger partial charge in [-0.05, 0) is 38.8 Å². The minimum absolute atomic E-state index is 0.0567. The van der Waals surface area contributed by atoms with Crippen LogP contribution in [0.15, 0.2) is 44.3 Å². The number of allylic oxidation sites excluding steroid dienone is 5. The number of nitrogens with two attached hydrogens (primary N) is 1. The van der Waals surface area contributed by atoms with Crippen LogP contribution in [0.3, 0.4) is 0 Å². The minimum Gasteiger partial charge on any atom is -0.402 e. The quantitative estimate of drug-likeness (QED) is 0.312. The molecule has 26 heavy (non-hydrogen) atoms. The third-order valence-corrected chi connectivity index (χ3v) is 3.82. The van der Waals surface area contributed by atoms with E-state index in [1.807, 2.05) is 27.0 Å². The number of nitrogens with zero attached hydrogens (tertiary/aromatic N) is 2. The number of carbonyl (C=O) groups excluding carboxylic acids is 1. The van der Waals surface area contributed by atoms with Crippen molar-refractivity contribution >= 4 is 18.6 Å². The fourth-order valence-electron chi connectivity index (χ4n) is 2.47. The number of likely N-dealkylation sites (N-methyl/N-ethyl adjacent to an activating group) is 1. The first kappa shape index (κ1) is 21.4. The number of rotatable bonds is 7. The molecule has 1 atom stereocenters. The summed E-state index contributed by atoms with van der Waals surface area (Å²) in [6.45, 7) is 6.80. The van der Waals surface area contributed by atoms with Crippen molar-refractivity contribution in [2.45, 2.75) is 33.2 Å². The number of carbonyl (C=O) groups is 1. The van der Waals surface area contributed by atoms with Crippen LogP contribution in [-0.2, 0) is 4.74 Å². The van der Waals surface area contributed by atoms with Gasteiger partial charge in [0.05, 0.1) is 12.6 Å². The summed E-state index contributed by atoms with van der Waals surface area (Å²) in [5.41, 5.74) is 9.67. The maximum Gasteiger partial charge on any atom is 0.319 e. The lowest BCUT2D eigenvalue weighted by Gasteiger charge is -2.17. The van der Waals surface area contributed by atoms with E-state index in [1.54, 1.807) is 20.2 Å². The Morgan fingerprint density at radius 3 is 2.58 bits per heavy atom. The summed E-state index contributed by atoms with van der Waals surface area (Å²) in [7, 11) is 3.46. The normalized spacial score (nSPS) is 20.2. The number of urea groups is 1. The van der Waals surface area contributed by atoms with E-state index < -0.39 is 0 Å². The maximum absolute atomic E-state index is 12.2. The summed E-state index contributed by atoms with van der Waals surface area (Å²) in [6, 6.07) is -0.187. The highest BCUT2D eigenvalue weighted by Gasteiger charge is 2.18. The Kier molecular flexibility index (Phi) is 9.14. The summed E-state index contributed by atoms with van der Waals surface area (Å²) in [5.74, 6) is 0. The van der Waals surface area contributed by atoms with Crippen LogP contribution in [0.1, 0.15) is 27.2 Å². The van der Waals surface area contributed by atoms with Crippen molar-refractivity contribution in [3.8, 4) is 0 Å². The smallest absolute Gasteiger partial charge is 0.319 e. The average Bonchev–Trinajstić information content (AvgIpc) is 3.07. The molecule has 1 rings (SSSR count). The Labute approximate surface area is 155 Å². The van der Waals surface area contributed by atoms with Gasteiger partial charge in [-0.1, -0.05) is 0 Å². The molecule has 0 radical (unpaired) electrons. The van der Waals surface area contributed by atoms with Crippen LogP contribution in [0.25, 0.3) is 0 Å². The van der Waals surface area contributed by atoms with Crippen molar-refractivity contribution < 1.29 is 9.53 Å². The molecule has 1 aliphatic heterocycles. The highest BCUT2D eigenvalue weighted by molar-refractivity contribution is 5.89. The summed E-state index contributed by atoms with van der Waals surface area (Å²) >= 11 is 0. The Bertz CT molecular complexity index is 636. The van der Waals surface area contributed by atoms with Crippen LogP contribution < -0.4 is 21.7 Å². The molecular weight excluding hydrogens is 332 g/mol. The molecule has 0 aromatic heterocycles. The summed E-state index contributed by atoms with van der Waals surface area (Å²) < 4.78 is 5.27. The predicted molar refractivity (Wildman–Crippen MR) is 106 cm³/mol. The van der Waals surface area contributed by atoms with Gasteiger partial charge in [-0.3, -0.25) is 4.99 Å². The molecule has 1 heterocycles. The van der Waals surface area contributed by atoms with Gasteiger partial charge in [-0.25, -0.2) is 9.79 Å². The first-order valence-corrected chi connectivity index (χ1v) is 8.51. The van der Waals surface area contributed by atoms with Gasteiger partial charge in [0.2, 0.25) is 0 Å². The standard InChI is InChI=1S/C18H30N6O2/c1-12(19)8-15(9-22-11-20-4)17(21-5)13(2)14(3)23-18(25)24-16-6-7-26-10-16/h8-9,11,16,21H,6-7,10,19H2,1-5H3,(H2,23,24,25)/b12-8+,14-13+,17-15-,20-11?,22-9?/t16-/m1/s1. The van der Waals surface area contributed by atoms with Crippen molar-refractivity contribution in [2.24, 2.45) is 15.7 Å². The number of amides is 2. The molecule has 144 valence electrons. The molecule has 0 aliphatic carbocycles. The second-order valence-electron chi connectivity index (χ2n) is 6.03. The monoisotopic (exact) mass is 362 g/mol. The van der Waals surface area contributed by atoms with Gasteiger partial charge in [0, 0.05) is 49.6 Å². The van der Waals surface area contributed by atoms with Gasteiger partial charge >= 0.3 is 6.03 Å². The predicted octanol–water partition coefficient (Wildman–Crippen LogP) is 1.43. The minimum atomic E-state index is -0.244. The largest absolute Gasteiger partial charge is 0.402 e. The Morgan fingerprint density at radius 2 is 2.04 bits per heavy atom. The third kappa shape index (κ3) is 7.10. The SMILES string of the molecule is CN=CN=CC(/C=C(\C)N)=C(NC)/C(C)=C(\C)NC(=O)N[C@@H]1CCOC1.